The van der Waals surface area contributed by atoms with Crippen LogP contribution in [0.15, 0.2) is 34.7 Å². The maximum Gasteiger partial charge on any atom is 0.262 e. The summed E-state index contributed by atoms with van der Waals surface area (Å²) in [6, 6.07) is 1.82. The van der Waals surface area contributed by atoms with Gasteiger partial charge in [-0.15, -0.1) is 11.3 Å². The lowest BCUT2D eigenvalue weighted by Crippen LogP contribution is -2.37. The van der Waals surface area contributed by atoms with E-state index in [1.54, 1.807) is 10.9 Å². The van der Waals surface area contributed by atoms with Crippen LogP contribution in [0, 0.1) is 0 Å². The predicted molar refractivity (Wildman–Crippen MR) is 80.8 cm³/mol. The minimum absolute atomic E-state index is 0.00292. The Hall–Kier alpha value is -1.46. The van der Waals surface area contributed by atoms with E-state index in [1.165, 1.54) is 11.3 Å². The predicted octanol–water partition coefficient (Wildman–Crippen LogP) is 2.40. The lowest BCUT2D eigenvalue weighted by Gasteiger charge is -2.21. The normalized spacial score (nSPS) is 11.9. The van der Waals surface area contributed by atoms with Gasteiger partial charge in [-0.25, -0.2) is 4.98 Å². The molecule has 102 valence electrons. The Kier molecular flexibility index (Phi) is 3.87. The largest absolute Gasteiger partial charge is 0.308 e. The summed E-state index contributed by atoms with van der Waals surface area (Å²) in [6.45, 7) is 11.5. The van der Waals surface area contributed by atoms with Crippen molar-refractivity contribution in [3.63, 3.8) is 0 Å². The molecule has 0 aliphatic rings. The van der Waals surface area contributed by atoms with Crippen LogP contribution >= 0.6 is 11.3 Å². The third-order valence-corrected chi connectivity index (χ3v) is 3.53. The molecule has 2 aromatic heterocycles. The molecule has 0 aromatic carbocycles. The van der Waals surface area contributed by atoms with Crippen LogP contribution in [-0.2, 0) is 6.54 Å². The van der Waals surface area contributed by atoms with E-state index in [0.717, 1.165) is 10.4 Å². The summed E-state index contributed by atoms with van der Waals surface area (Å²) in [7, 11) is 0. The highest BCUT2D eigenvalue weighted by Gasteiger charge is 2.10. The first kappa shape index (κ1) is 14.0. The Labute approximate surface area is 116 Å². The fourth-order valence-electron chi connectivity index (χ4n) is 1.69. The molecule has 1 N–H and O–H groups in total. The average molecular weight is 277 g/mol. The quantitative estimate of drug-likeness (QED) is 0.873. The molecule has 0 spiro atoms. The van der Waals surface area contributed by atoms with E-state index < -0.39 is 0 Å². The molecule has 0 bridgehead atoms. The molecule has 0 saturated carbocycles. The number of nitrogens with one attached hydrogen (secondary N) is 1. The van der Waals surface area contributed by atoms with E-state index in [2.05, 4.69) is 37.7 Å². The molecule has 0 atom stereocenters. The van der Waals surface area contributed by atoms with E-state index in [4.69, 9.17) is 0 Å². The maximum absolute atomic E-state index is 12.2. The molecule has 2 rings (SSSR count). The fraction of sp³-hybridized carbons (Fsp3) is 0.429. The van der Waals surface area contributed by atoms with Crippen molar-refractivity contribution < 1.29 is 0 Å². The standard InChI is InChI=1S/C14H19N3OS/c1-10(7-16-14(2,3)4)8-17-9-15-12-11(13(17)18)5-6-19-12/h5-6,9,16H,1,7-8H2,2-4H3. The second kappa shape index (κ2) is 5.27. The van der Waals surface area contributed by atoms with E-state index in [-0.39, 0.29) is 11.1 Å². The minimum atomic E-state index is 0.00292. The second-order valence-corrected chi connectivity index (χ2v) is 6.57. The Bertz CT molecular complexity index is 648. The van der Waals surface area contributed by atoms with Crippen molar-refractivity contribution in [2.75, 3.05) is 6.54 Å². The van der Waals surface area contributed by atoms with Crippen LogP contribution in [0.3, 0.4) is 0 Å². The molecule has 0 amide bonds. The highest BCUT2D eigenvalue weighted by molar-refractivity contribution is 7.16. The van der Waals surface area contributed by atoms with E-state index in [1.807, 2.05) is 11.4 Å². The van der Waals surface area contributed by atoms with Gasteiger partial charge in [0.05, 0.1) is 11.7 Å². The number of hydrogen-bond donors (Lipinski definition) is 1. The summed E-state index contributed by atoms with van der Waals surface area (Å²) in [6.07, 6.45) is 1.60. The van der Waals surface area contributed by atoms with Crippen molar-refractivity contribution in [3.8, 4) is 0 Å². The lowest BCUT2D eigenvalue weighted by atomic mass is 10.1. The van der Waals surface area contributed by atoms with Crippen molar-refractivity contribution in [1.29, 1.82) is 0 Å². The van der Waals surface area contributed by atoms with Crippen molar-refractivity contribution in [3.05, 3.63) is 40.3 Å². The van der Waals surface area contributed by atoms with Gasteiger partial charge in [0, 0.05) is 18.6 Å². The van der Waals surface area contributed by atoms with Crippen LogP contribution in [0.25, 0.3) is 10.2 Å². The molecular formula is C14H19N3OS. The highest BCUT2D eigenvalue weighted by atomic mass is 32.1. The first-order valence-electron chi connectivity index (χ1n) is 6.21. The van der Waals surface area contributed by atoms with Crippen LogP contribution in [0.4, 0.5) is 0 Å². The lowest BCUT2D eigenvalue weighted by molar-refractivity contribution is 0.440. The third-order valence-electron chi connectivity index (χ3n) is 2.71. The molecule has 2 heterocycles. The van der Waals surface area contributed by atoms with Gasteiger partial charge < -0.3 is 5.32 Å². The monoisotopic (exact) mass is 277 g/mol. The van der Waals surface area contributed by atoms with Gasteiger partial charge in [0.1, 0.15) is 4.83 Å². The Morgan fingerprint density at radius 2 is 2.26 bits per heavy atom. The number of nitrogens with zero attached hydrogens (tertiary/aromatic N) is 2. The summed E-state index contributed by atoms with van der Waals surface area (Å²) in [5.74, 6) is 0. The van der Waals surface area contributed by atoms with Crippen LogP contribution in [0.5, 0.6) is 0 Å². The number of thiophene rings is 1. The zero-order valence-corrected chi connectivity index (χ0v) is 12.4. The van der Waals surface area contributed by atoms with E-state index in [0.29, 0.717) is 18.5 Å². The van der Waals surface area contributed by atoms with Gasteiger partial charge in [-0.2, -0.15) is 0 Å². The first-order chi connectivity index (χ1) is 8.87. The molecule has 0 radical (unpaired) electrons. The third kappa shape index (κ3) is 3.52. The summed E-state index contributed by atoms with van der Waals surface area (Å²) in [4.78, 5) is 17.3. The minimum Gasteiger partial charge on any atom is -0.308 e. The van der Waals surface area contributed by atoms with Crippen molar-refractivity contribution in [1.82, 2.24) is 14.9 Å². The summed E-state index contributed by atoms with van der Waals surface area (Å²) in [5.41, 5.74) is 1.01. The number of hydrogen-bond acceptors (Lipinski definition) is 4. The second-order valence-electron chi connectivity index (χ2n) is 5.67. The highest BCUT2D eigenvalue weighted by Crippen LogP contribution is 2.13. The van der Waals surface area contributed by atoms with Crippen molar-refractivity contribution in [2.24, 2.45) is 0 Å². The van der Waals surface area contributed by atoms with Gasteiger partial charge in [-0.3, -0.25) is 9.36 Å². The van der Waals surface area contributed by atoms with Gasteiger partial charge in [0.2, 0.25) is 0 Å². The molecule has 4 nitrogen and oxygen atoms in total. The SMILES string of the molecule is C=C(CNC(C)(C)C)Cn1cnc2sccc2c1=O. The molecule has 0 aliphatic heterocycles. The van der Waals surface area contributed by atoms with Gasteiger partial charge in [-0.05, 0) is 37.8 Å². The molecule has 5 heteroatoms. The van der Waals surface area contributed by atoms with Gasteiger partial charge in [0.25, 0.3) is 5.56 Å². The zero-order valence-electron chi connectivity index (χ0n) is 11.6. The smallest absolute Gasteiger partial charge is 0.262 e. The fourth-order valence-corrected chi connectivity index (χ4v) is 2.42. The van der Waals surface area contributed by atoms with Crippen LogP contribution in [0.1, 0.15) is 20.8 Å². The van der Waals surface area contributed by atoms with Crippen LogP contribution < -0.4 is 10.9 Å². The van der Waals surface area contributed by atoms with Gasteiger partial charge in [-0.1, -0.05) is 6.58 Å². The van der Waals surface area contributed by atoms with Crippen molar-refractivity contribution >= 4 is 21.6 Å². The van der Waals surface area contributed by atoms with Gasteiger partial charge in [0.15, 0.2) is 0 Å². The Balaban J connectivity index is 2.11. The summed E-state index contributed by atoms with van der Waals surface area (Å²) < 4.78 is 1.61. The average Bonchev–Trinajstić information content (AvgIpc) is 2.78. The maximum atomic E-state index is 12.2. The Morgan fingerprint density at radius 1 is 1.53 bits per heavy atom. The molecule has 0 aliphatic carbocycles. The number of aromatic nitrogens is 2. The number of fused-ring (bicyclic) bond motifs is 1. The van der Waals surface area contributed by atoms with Crippen molar-refractivity contribution in [2.45, 2.75) is 32.9 Å². The number of rotatable bonds is 4. The summed E-state index contributed by atoms with van der Waals surface area (Å²) >= 11 is 1.48. The topological polar surface area (TPSA) is 46.9 Å². The molecule has 0 saturated heterocycles. The molecular weight excluding hydrogens is 258 g/mol. The van der Waals surface area contributed by atoms with Gasteiger partial charge >= 0.3 is 0 Å². The molecule has 2 aromatic rings. The summed E-state index contributed by atoms with van der Waals surface area (Å²) in [5, 5.41) is 5.93. The Morgan fingerprint density at radius 3 is 2.95 bits per heavy atom. The molecule has 19 heavy (non-hydrogen) atoms. The molecule has 0 unspecified atom stereocenters. The first-order valence-corrected chi connectivity index (χ1v) is 7.09. The van der Waals surface area contributed by atoms with Crippen LogP contribution in [-0.4, -0.2) is 21.6 Å². The van der Waals surface area contributed by atoms with E-state index >= 15 is 0 Å². The molecule has 0 fully saturated rings. The van der Waals surface area contributed by atoms with Crippen LogP contribution in [0.2, 0.25) is 0 Å². The van der Waals surface area contributed by atoms with E-state index in [9.17, 15) is 4.79 Å². The zero-order chi connectivity index (χ0) is 14.0.